The molecule has 1 fully saturated rings. The third kappa shape index (κ3) is 3.79. The highest BCUT2D eigenvalue weighted by molar-refractivity contribution is 7.89. The van der Waals surface area contributed by atoms with Crippen LogP contribution in [0.5, 0.6) is 11.5 Å². The van der Waals surface area contributed by atoms with E-state index >= 15 is 0 Å². The lowest BCUT2D eigenvalue weighted by atomic mass is 10.1. The summed E-state index contributed by atoms with van der Waals surface area (Å²) in [6, 6.07) is 10.0. The van der Waals surface area contributed by atoms with Gasteiger partial charge in [-0.05, 0) is 43.5 Å². The number of fused-ring (bicyclic) bond motifs is 1. The molecule has 0 saturated carbocycles. The van der Waals surface area contributed by atoms with Crippen LogP contribution in [0, 0.1) is 6.92 Å². The Balaban J connectivity index is 1.56. The maximum atomic E-state index is 13.1. The lowest BCUT2D eigenvalue weighted by Crippen LogP contribution is -2.40. The van der Waals surface area contributed by atoms with E-state index in [9.17, 15) is 13.2 Å². The number of ether oxygens (including phenoxy) is 2. The molecule has 0 unspecified atom stereocenters. The van der Waals surface area contributed by atoms with Crippen molar-refractivity contribution in [3.8, 4) is 11.5 Å². The molecule has 9 heteroatoms. The fourth-order valence-electron chi connectivity index (χ4n) is 4.06. The molecular weight excluding hydrogens is 418 g/mol. The zero-order chi connectivity index (χ0) is 22.2. The first kappa shape index (κ1) is 21.3. The van der Waals surface area contributed by atoms with Gasteiger partial charge in [0.15, 0.2) is 11.5 Å². The molecule has 0 bridgehead atoms. The third-order valence-electron chi connectivity index (χ3n) is 5.82. The summed E-state index contributed by atoms with van der Waals surface area (Å²) in [5.74, 6) is 0.834. The number of piperidine rings is 1. The molecule has 2 aromatic carbocycles. The van der Waals surface area contributed by atoms with E-state index in [1.54, 1.807) is 23.0 Å². The normalized spacial score (nSPS) is 15.8. The average molecular weight is 444 g/mol. The topological polar surface area (TPSA) is 90.7 Å². The number of nitrogens with zero attached hydrogens (tertiary/aromatic N) is 3. The van der Waals surface area contributed by atoms with Crippen molar-refractivity contribution >= 4 is 20.9 Å². The SMILES string of the molecule is COc1ccc(S(=O)(=O)N2CCC(n3cnc4c(C)cccc4c3=O)CC2)cc1OC. The van der Waals surface area contributed by atoms with E-state index in [1.807, 2.05) is 19.1 Å². The molecule has 0 aliphatic carbocycles. The molecule has 164 valence electrons. The van der Waals surface area contributed by atoms with Crippen molar-refractivity contribution in [1.29, 1.82) is 0 Å². The smallest absolute Gasteiger partial charge is 0.261 e. The molecule has 0 amide bonds. The first-order valence-corrected chi connectivity index (χ1v) is 11.5. The Morgan fingerprint density at radius 1 is 1.03 bits per heavy atom. The van der Waals surface area contributed by atoms with Gasteiger partial charge in [-0.25, -0.2) is 13.4 Å². The number of hydrogen-bond acceptors (Lipinski definition) is 6. The zero-order valence-electron chi connectivity index (χ0n) is 17.7. The van der Waals surface area contributed by atoms with Crippen LogP contribution in [0.1, 0.15) is 24.4 Å². The van der Waals surface area contributed by atoms with Gasteiger partial charge in [-0.1, -0.05) is 12.1 Å². The van der Waals surface area contributed by atoms with Gasteiger partial charge in [0.25, 0.3) is 5.56 Å². The molecule has 2 heterocycles. The van der Waals surface area contributed by atoms with Gasteiger partial charge in [0.1, 0.15) is 0 Å². The predicted octanol–water partition coefficient (Wildman–Crippen LogP) is 2.75. The van der Waals surface area contributed by atoms with Crippen LogP contribution in [0.4, 0.5) is 0 Å². The Morgan fingerprint density at radius 3 is 2.42 bits per heavy atom. The summed E-state index contributed by atoms with van der Waals surface area (Å²) in [6.45, 7) is 2.57. The first-order valence-electron chi connectivity index (χ1n) is 10.1. The molecule has 0 radical (unpaired) electrons. The Labute approximate surface area is 181 Å². The molecule has 0 spiro atoms. The number of rotatable bonds is 5. The molecule has 0 N–H and O–H groups in total. The van der Waals surface area contributed by atoms with Crippen LogP contribution < -0.4 is 15.0 Å². The van der Waals surface area contributed by atoms with Gasteiger partial charge in [-0.15, -0.1) is 0 Å². The minimum atomic E-state index is -3.68. The summed E-state index contributed by atoms with van der Waals surface area (Å²) in [4.78, 5) is 17.6. The zero-order valence-corrected chi connectivity index (χ0v) is 18.6. The van der Waals surface area contributed by atoms with E-state index in [4.69, 9.17) is 9.47 Å². The predicted molar refractivity (Wildman–Crippen MR) is 117 cm³/mol. The Kier molecular flexibility index (Phi) is 5.72. The van der Waals surface area contributed by atoms with E-state index in [0.29, 0.717) is 48.3 Å². The summed E-state index contributed by atoms with van der Waals surface area (Å²) in [6.07, 6.45) is 2.65. The van der Waals surface area contributed by atoms with Crippen LogP contribution in [0.3, 0.4) is 0 Å². The van der Waals surface area contributed by atoms with Crippen LogP contribution in [0.2, 0.25) is 0 Å². The Hall–Kier alpha value is -2.91. The van der Waals surface area contributed by atoms with Crippen molar-refractivity contribution in [2.24, 2.45) is 0 Å². The highest BCUT2D eigenvalue weighted by atomic mass is 32.2. The largest absolute Gasteiger partial charge is 0.493 e. The summed E-state index contributed by atoms with van der Waals surface area (Å²) < 4.78 is 39.8. The molecule has 31 heavy (non-hydrogen) atoms. The van der Waals surface area contributed by atoms with Crippen LogP contribution in [0.15, 0.2) is 52.4 Å². The fraction of sp³-hybridized carbons (Fsp3) is 0.364. The minimum Gasteiger partial charge on any atom is -0.493 e. The van der Waals surface area contributed by atoms with E-state index in [0.717, 1.165) is 5.56 Å². The minimum absolute atomic E-state index is 0.0881. The van der Waals surface area contributed by atoms with E-state index in [1.165, 1.54) is 30.7 Å². The first-order chi connectivity index (χ1) is 14.9. The second kappa shape index (κ2) is 8.32. The van der Waals surface area contributed by atoms with Crippen molar-refractivity contribution in [1.82, 2.24) is 13.9 Å². The van der Waals surface area contributed by atoms with Gasteiger partial charge < -0.3 is 9.47 Å². The van der Waals surface area contributed by atoms with Gasteiger partial charge >= 0.3 is 0 Å². The number of sulfonamides is 1. The molecule has 1 aliphatic heterocycles. The van der Waals surface area contributed by atoms with Crippen molar-refractivity contribution in [2.75, 3.05) is 27.3 Å². The van der Waals surface area contributed by atoms with Crippen molar-refractivity contribution in [3.05, 3.63) is 58.6 Å². The van der Waals surface area contributed by atoms with Gasteiger partial charge in [-0.2, -0.15) is 4.31 Å². The van der Waals surface area contributed by atoms with E-state index < -0.39 is 10.0 Å². The van der Waals surface area contributed by atoms with Crippen molar-refractivity contribution in [3.63, 3.8) is 0 Å². The van der Waals surface area contributed by atoms with Crippen LogP contribution in [-0.2, 0) is 10.0 Å². The third-order valence-corrected chi connectivity index (χ3v) is 7.72. The summed E-state index contributed by atoms with van der Waals surface area (Å²) >= 11 is 0. The number of benzene rings is 2. The maximum absolute atomic E-state index is 13.1. The van der Waals surface area contributed by atoms with Crippen molar-refractivity contribution < 1.29 is 17.9 Å². The average Bonchev–Trinajstić information content (AvgIpc) is 2.79. The highest BCUT2D eigenvalue weighted by Gasteiger charge is 2.31. The molecule has 8 nitrogen and oxygen atoms in total. The lowest BCUT2D eigenvalue weighted by molar-refractivity contribution is 0.269. The molecule has 0 atom stereocenters. The van der Waals surface area contributed by atoms with Gasteiger partial charge in [-0.3, -0.25) is 9.36 Å². The van der Waals surface area contributed by atoms with Gasteiger partial charge in [0.05, 0.1) is 36.3 Å². The quantitative estimate of drug-likeness (QED) is 0.602. The number of aromatic nitrogens is 2. The molecule has 4 rings (SSSR count). The monoisotopic (exact) mass is 443 g/mol. The molecule has 3 aromatic rings. The second-order valence-electron chi connectivity index (χ2n) is 7.58. The number of hydrogen-bond donors (Lipinski definition) is 0. The Bertz CT molecular complexity index is 1280. The molecular formula is C22H25N3O5S. The maximum Gasteiger partial charge on any atom is 0.261 e. The standard InChI is InChI=1S/C22H25N3O5S/c1-15-5-4-6-18-21(15)23-14-25(22(18)26)16-9-11-24(12-10-16)31(27,28)17-7-8-19(29-2)20(13-17)30-3/h4-8,13-14,16H,9-12H2,1-3H3. The van der Waals surface area contributed by atoms with Crippen LogP contribution in [-0.4, -0.2) is 49.6 Å². The molecule has 1 aromatic heterocycles. The fourth-order valence-corrected chi connectivity index (χ4v) is 5.55. The van der Waals surface area contributed by atoms with Gasteiger partial charge in [0, 0.05) is 25.2 Å². The molecule has 1 aliphatic rings. The van der Waals surface area contributed by atoms with Gasteiger partial charge in [0.2, 0.25) is 10.0 Å². The number of aryl methyl sites for hydroxylation is 1. The summed E-state index contributed by atoms with van der Waals surface area (Å²) in [5.41, 5.74) is 1.57. The molecule has 1 saturated heterocycles. The van der Waals surface area contributed by atoms with E-state index in [-0.39, 0.29) is 16.5 Å². The second-order valence-corrected chi connectivity index (χ2v) is 9.52. The van der Waals surface area contributed by atoms with Crippen LogP contribution in [0.25, 0.3) is 10.9 Å². The highest BCUT2D eigenvalue weighted by Crippen LogP contribution is 2.32. The number of para-hydroxylation sites is 1. The Morgan fingerprint density at radius 2 is 1.74 bits per heavy atom. The van der Waals surface area contributed by atoms with E-state index in [2.05, 4.69) is 4.98 Å². The summed E-state index contributed by atoms with van der Waals surface area (Å²) in [7, 11) is -0.710. The van der Waals surface area contributed by atoms with Crippen molar-refractivity contribution in [2.45, 2.75) is 30.7 Å². The summed E-state index contributed by atoms with van der Waals surface area (Å²) in [5, 5.41) is 0.586. The lowest BCUT2D eigenvalue weighted by Gasteiger charge is -2.32. The number of methoxy groups -OCH3 is 2. The van der Waals surface area contributed by atoms with Crippen LogP contribution >= 0.6 is 0 Å².